The van der Waals surface area contributed by atoms with Crippen molar-refractivity contribution in [1.29, 1.82) is 0 Å². The molecular weight excluding hydrogens is 1060 g/mol. The highest BCUT2D eigenvalue weighted by Crippen LogP contribution is 2.37. The van der Waals surface area contributed by atoms with E-state index in [0.29, 0.717) is 64.7 Å². The van der Waals surface area contributed by atoms with Gasteiger partial charge in [-0.25, -0.2) is 29.9 Å². The number of phenolic OH excluding ortho intramolecular Hbond substituents is 3. The monoisotopic (exact) mass is 1130 g/mol. The van der Waals surface area contributed by atoms with Gasteiger partial charge in [-0.2, -0.15) is 0 Å². The van der Waals surface area contributed by atoms with Gasteiger partial charge in [0.2, 0.25) is 5.24 Å². The molecule has 0 spiro atoms. The molecule has 0 amide bonds. The second-order valence-corrected chi connectivity index (χ2v) is 22.9. The smallest absolute Gasteiger partial charge is 0.311 e. The molecule has 0 atom stereocenters. The number of hydrogen-bond donors (Lipinski definition) is 3. The van der Waals surface area contributed by atoms with Crippen molar-refractivity contribution in [3.05, 3.63) is 154 Å². The SMILES string of the molecule is CCCCCC(=O)Cl.CCCCCC(=O)Oc1ccc(-c2nc(-c3ccc4c(c3)CCCC4)nc(-c3ccc4c(c3)CCCC4)n2)c(O)c1.Oc1ccc(-c2nc(-c3ccc4c(c3)CCCC4)nc(-c3ccc4c(c3)CCCC4)n2)c(O)c1. The van der Waals surface area contributed by atoms with Crippen LogP contribution in [0.2, 0.25) is 0 Å². The first-order chi connectivity index (χ1) is 40.5. The fraction of sp³-hybridized carbons (Fsp3) is 0.371. The van der Waals surface area contributed by atoms with Crippen LogP contribution in [0.15, 0.2) is 109 Å². The first-order valence-corrected chi connectivity index (χ1v) is 30.6. The molecule has 2 aromatic heterocycles. The van der Waals surface area contributed by atoms with Gasteiger partial charge in [-0.1, -0.05) is 88.1 Å². The van der Waals surface area contributed by atoms with Crippen LogP contribution < -0.4 is 4.74 Å². The van der Waals surface area contributed by atoms with E-state index < -0.39 is 0 Å². The Hall–Kier alpha value is -7.83. The van der Waals surface area contributed by atoms with Crippen LogP contribution in [0.1, 0.15) is 161 Å². The van der Waals surface area contributed by atoms with Crippen LogP contribution >= 0.6 is 11.6 Å². The largest absolute Gasteiger partial charge is 0.508 e. The molecule has 2 heterocycles. The number of aromatic hydroxyl groups is 3. The predicted octanol–water partition coefficient (Wildman–Crippen LogP) is 16.2. The lowest BCUT2D eigenvalue weighted by atomic mass is 9.90. The molecule has 3 N–H and O–H groups in total. The first kappa shape index (κ1) is 58.4. The standard InChI is InChI=1S/C35H37N3O3.C29H27N3O2.C6H11ClO/c1-2-3-4-13-32(40)41-29-18-19-30(31(39)22-29)35-37-33(27-16-14-23-9-5-7-11-25(23)20-27)36-34(38-35)28-17-15-24-10-6-8-12-26(24)21-28;33-24-13-14-25(26(34)17-24)29-31-27(22-11-9-18-5-1-3-7-20(18)15-22)30-28(32-29)23-12-10-19-6-2-4-8-21(19)16-23;1-2-3-4-5-6(7)8/h14-22,39H,2-13H2,1H3;9-17,33-34H,1-8H2;2-5H2,1H3. The number of halogens is 1. The minimum absolute atomic E-state index is 0.000118. The molecule has 4 aliphatic carbocycles. The van der Waals surface area contributed by atoms with Gasteiger partial charge >= 0.3 is 5.97 Å². The number of hydrogen-bond acceptors (Lipinski definition) is 12. The minimum atomic E-state index is -0.296. The van der Waals surface area contributed by atoms with E-state index >= 15 is 0 Å². The molecule has 0 radical (unpaired) electrons. The van der Waals surface area contributed by atoms with Crippen LogP contribution in [0.3, 0.4) is 0 Å². The molecule has 83 heavy (non-hydrogen) atoms. The van der Waals surface area contributed by atoms with Crippen molar-refractivity contribution in [3.8, 4) is 91.3 Å². The molecule has 12 rings (SSSR count). The topological polar surface area (TPSA) is 181 Å². The third-order valence-electron chi connectivity index (χ3n) is 16.3. The Balaban J connectivity index is 0.000000166. The van der Waals surface area contributed by atoms with E-state index in [-0.39, 0.29) is 28.5 Å². The number of fused-ring (bicyclic) bond motifs is 4. The van der Waals surface area contributed by atoms with Crippen molar-refractivity contribution in [2.24, 2.45) is 0 Å². The summed E-state index contributed by atoms with van der Waals surface area (Å²) in [4.78, 5) is 51.4. The number of nitrogens with zero attached hydrogens (tertiary/aromatic N) is 6. The number of aryl methyl sites for hydroxylation is 8. The summed E-state index contributed by atoms with van der Waals surface area (Å²) < 4.78 is 5.47. The van der Waals surface area contributed by atoms with Gasteiger partial charge < -0.3 is 20.1 Å². The van der Waals surface area contributed by atoms with Crippen LogP contribution in [0, 0.1) is 0 Å². The van der Waals surface area contributed by atoms with Gasteiger partial charge in [0.05, 0.1) is 11.1 Å². The summed E-state index contributed by atoms with van der Waals surface area (Å²) in [6.07, 6.45) is 25.4. The van der Waals surface area contributed by atoms with Crippen LogP contribution in [0.25, 0.3) is 68.3 Å². The molecule has 0 saturated carbocycles. The highest BCUT2D eigenvalue weighted by atomic mass is 35.5. The zero-order valence-electron chi connectivity index (χ0n) is 48.0. The Kier molecular flexibility index (Phi) is 19.7. The molecule has 6 aromatic carbocycles. The Bertz CT molecular complexity index is 3460. The summed E-state index contributed by atoms with van der Waals surface area (Å²) >= 11 is 5.07. The molecular formula is C70H75ClN6O6. The second-order valence-electron chi connectivity index (χ2n) is 22.5. The summed E-state index contributed by atoms with van der Waals surface area (Å²) in [6, 6.07) is 35.4. The number of carbonyl (C=O) groups excluding carboxylic acids is 2. The van der Waals surface area contributed by atoms with Gasteiger partial charge in [0.1, 0.15) is 23.0 Å². The Morgan fingerprint density at radius 3 is 1.08 bits per heavy atom. The van der Waals surface area contributed by atoms with E-state index in [2.05, 4.69) is 86.6 Å². The van der Waals surface area contributed by atoms with E-state index in [0.717, 1.165) is 112 Å². The summed E-state index contributed by atoms with van der Waals surface area (Å²) in [7, 11) is 0. The number of esters is 1. The molecule has 0 aliphatic heterocycles. The molecule has 0 saturated heterocycles. The van der Waals surface area contributed by atoms with Crippen molar-refractivity contribution in [3.63, 3.8) is 0 Å². The maximum absolute atomic E-state index is 12.2. The number of phenols is 3. The van der Waals surface area contributed by atoms with Crippen molar-refractivity contribution in [2.45, 2.75) is 168 Å². The van der Waals surface area contributed by atoms with Crippen molar-refractivity contribution in [1.82, 2.24) is 29.9 Å². The van der Waals surface area contributed by atoms with Gasteiger partial charge in [-0.05, 0) is 220 Å². The van der Waals surface area contributed by atoms with Gasteiger partial charge in [0, 0.05) is 47.2 Å². The van der Waals surface area contributed by atoms with E-state index in [1.165, 1.54) is 114 Å². The third kappa shape index (κ3) is 15.1. The zero-order chi connectivity index (χ0) is 57.7. The second kappa shape index (κ2) is 28.0. The van der Waals surface area contributed by atoms with Crippen LogP contribution in [0.5, 0.6) is 23.0 Å². The van der Waals surface area contributed by atoms with Crippen molar-refractivity contribution >= 4 is 22.8 Å². The maximum atomic E-state index is 12.2. The highest BCUT2D eigenvalue weighted by molar-refractivity contribution is 6.63. The molecule has 12 nitrogen and oxygen atoms in total. The Morgan fingerprint density at radius 2 is 0.735 bits per heavy atom. The molecule has 428 valence electrons. The average molecular weight is 1130 g/mol. The molecule has 13 heteroatoms. The van der Waals surface area contributed by atoms with E-state index in [9.17, 15) is 24.9 Å². The van der Waals surface area contributed by atoms with Gasteiger partial charge in [0.25, 0.3) is 0 Å². The summed E-state index contributed by atoms with van der Waals surface area (Å²) in [5.74, 6) is 3.07. The number of carbonyl (C=O) groups is 2. The molecule has 0 bridgehead atoms. The van der Waals surface area contributed by atoms with Crippen molar-refractivity contribution < 1.29 is 29.6 Å². The fourth-order valence-corrected chi connectivity index (χ4v) is 11.8. The first-order valence-electron chi connectivity index (χ1n) is 30.2. The van der Waals surface area contributed by atoms with Gasteiger partial charge in [0.15, 0.2) is 34.9 Å². The van der Waals surface area contributed by atoms with E-state index in [1.54, 1.807) is 18.2 Å². The average Bonchev–Trinajstić information content (AvgIpc) is 3.69. The fourth-order valence-electron chi connectivity index (χ4n) is 11.7. The number of unbranched alkanes of at least 4 members (excludes halogenated alkanes) is 4. The van der Waals surface area contributed by atoms with Crippen LogP contribution in [-0.2, 0) is 61.0 Å². The molecule has 0 unspecified atom stereocenters. The lowest BCUT2D eigenvalue weighted by Crippen LogP contribution is -2.07. The summed E-state index contributed by atoms with van der Waals surface area (Å²) in [6.45, 7) is 4.19. The van der Waals surface area contributed by atoms with Gasteiger partial charge in [-0.3, -0.25) is 9.59 Å². The van der Waals surface area contributed by atoms with Crippen LogP contribution in [0.4, 0.5) is 0 Å². The third-order valence-corrected chi connectivity index (χ3v) is 16.5. The summed E-state index contributed by atoms with van der Waals surface area (Å²) in [5.41, 5.74) is 15.9. The van der Waals surface area contributed by atoms with Crippen LogP contribution in [-0.4, -0.2) is 56.4 Å². The van der Waals surface area contributed by atoms with E-state index in [1.807, 2.05) is 0 Å². The highest BCUT2D eigenvalue weighted by Gasteiger charge is 2.22. The lowest BCUT2D eigenvalue weighted by Gasteiger charge is -2.18. The summed E-state index contributed by atoms with van der Waals surface area (Å²) in [5, 5.41) is 31.1. The minimum Gasteiger partial charge on any atom is -0.508 e. The number of ether oxygens (including phenoxy) is 1. The molecule has 0 fully saturated rings. The number of aromatic nitrogens is 6. The lowest BCUT2D eigenvalue weighted by molar-refractivity contribution is -0.134. The Morgan fingerprint density at radius 1 is 0.398 bits per heavy atom. The predicted molar refractivity (Wildman–Crippen MR) is 329 cm³/mol. The van der Waals surface area contributed by atoms with Gasteiger partial charge in [-0.15, -0.1) is 0 Å². The van der Waals surface area contributed by atoms with E-state index in [4.69, 9.17) is 46.2 Å². The molecule has 4 aliphatic rings. The van der Waals surface area contributed by atoms with Crippen molar-refractivity contribution in [2.75, 3.05) is 0 Å². The Labute approximate surface area is 492 Å². The quantitative estimate of drug-likeness (QED) is 0.0383. The number of benzene rings is 6. The number of rotatable bonds is 15. The normalized spacial score (nSPS) is 14.1. The zero-order valence-corrected chi connectivity index (χ0v) is 48.7. The maximum Gasteiger partial charge on any atom is 0.311 e. The molecule has 8 aromatic rings.